The van der Waals surface area contributed by atoms with Gasteiger partial charge >= 0.3 is 0 Å². The van der Waals surface area contributed by atoms with Crippen molar-refractivity contribution in [1.29, 1.82) is 0 Å². The minimum atomic E-state index is -0.125. The first-order valence-electron chi connectivity index (χ1n) is 12.3. The summed E-state index contributed by atoms with van der Waals surface area (Å²) in [5.74, 6) is 2.10. The third kappa shape index (κ3) is 4.95. The number of pyridine rings is 1. The van der Waals surface area contributed by atoms with Gasteiger partial charge in [0.1, 0.15) is 13.2 Å². The summed E-state index contributed by atoms with van der Waals surface area (Å²) in [7, 11) is 0. The van der Waals surface area contributed by atoms with Gasteiger partial charge in [0.25, 0.3) is 5.56 Å². The molecule has 0 amide bonds. The Bertz CT molecular complexity index is 1400. The first-order chi connectivity index (χ1) is 17.7. The molecule has 0 radical (unpaired) electrons. The van der Waals surface area contributed by atoms with Gasteiger partial charge in [0.15, 0.2) is 17.3 Å². The largest absolute Gasteiger partial charge is 0.486 e. The fourth-order valence-corrected chi connectivity index (χ4v) is 4.82. The lowest BCUT2D eigenvalue weighted by atomic mass is 10.1. The highest BCUT2D eigenvalue weighted by Crippen LogP contribution is 2.33. The Kier molecular flexibility index (Phi) is 6.35. The molecule has 0 spiro atoms. The number of nitrogens with one attached hydrogen (secondary N) is 1. The van der Waals surface area contributed by atoms with Gasteiger partial charge in [-0.15, -0.1) is 5.10 Å². The van der Waals surface area contributed by atoms with Gasteiger partial charge in [-0.05, 0) is 41.0 Å². The van der Waals surface area contributed by atoms with Crippen molar-refractivity contribution in [3.8, 4) is 11.5 Å². The maximum absolute atomic E-state index is 13.1. The minimum absolute atomic E-state index is 0.125. The first-order valence-corrected chi connectivity index (χ1v) is 12.3. The number of aromatic nitrogens is 5. The average molecular weight is 489 g/mol. The quantitative estimate of drug-likeness (QED) is 0.403. The normalized spacial score (nSPS) is 17.2. The smallest absolute Gasteiger partial charge is 0.252 e. The van der Waals surface area contributed by atoms with Gasteiger partial charge in [0, 0.05) is 36.7 Å². The fraction of sp³-hybridized carbons (Fsp3) is 0.385. The summed E-state index contributed by atoms with van der Waals surface area (Å²) in [6.45, 7) is 4.01. The number of hydrogen-bond acceptors (Lipinski definition) is 8. The number of aromatic amines is 1. The van der Waals surface area contributed by atoms with Crippen molar-refractivity contribution in [2.75, 3.05) is 26.4 Å². The molecule has 1 atom stereocenters. The van der Waals surface area contributed by atoms with Crippen LogP contribution in [0, 0.1) is 0 Å². The molecule has 1 N–H and O–H groups in total. The Hall–Kier alpha value is -3.76. The molecule has 6 rings (SSSR count). The van der Waals surface area contributed by atoms with E-state index in [4.69, 9.17) is 14.2 Å². The Morgan fingerprint density at radius 3 is 2.67 bits per heavy atom. The first kappa shape index (κ1) is 22.7. The number of rotatable bonds is 8. The predicted molar refractivity (Wildman–Crippen MR) is 132 cm³/mol. The van der Waals surface area contributed by atoms with E-state index in [2.05, 4.69) is 37.5 Å². The Morgan fingerprint density at radius 1 is 1.03 bits per heavy atom. The van der Waals surface area contributed by atoms with Gasteiger partial charge in [-0.25, -0.2) is 4.68 Å². The van der Waals surface area contributed by atoms with Crippen LogP contribution in [0.25, 0.3) is 10.9 Å². The molecular formula is C26H28N6O4. The van der Waals surface area contributed by atoms with Crippen LogP contribution in [0.2, 0.25) is 0 Å². The minimum Gasteiger partial charge on any atom is -0.486 e. The highest BCUT2D eigenvalue weighted by atomic mass is 16.6. The SMILES string of the molecule is O=c1[nH]c2cc3c(cc2cc1CN(Cc1nnnn1Cc1ccccc1)CC1CCCO1)OCCO3. The molecule has 2 aromatic heterocycles. The van der Waals surface area contributed by atoms with Gasteiger partial charge in [-0.2, -0.15) is 0 Å². The van der Waals surface area contributed by atoms with E-state index < -0.39 is 0 Å². The fourth-order valence-electron chi connectivity index (χ4n) is 4.82. The topological polar surface area (TPSA) is 107 Å². The van der Waals surface area contributed by atoms with Crippen molar-refractivity contribution in [2.24, 2.45) is 0 Å². The maximum Gasteiger partial charge on any atom is 0.252 e. The van der Waals surface area contributed by atoms with Crippen molar-refractivity contribution in [1.82, 2.24) is 30.1 Å². The summed E-state index contributed by atoms with van der Waals surface area (Å²) < 4.78 is 19.1. The highest BCUT2D eigenvalue weighted by molar-refractivity contribution is 5.83. The summed E-state index contributed by atoms with van der Waals surface area (Å²) in [5, 5.41) is 13.3. The molecule has 0 saturated carbocycles. The second kappa shape index (κ2) is 10.1. The summed E-state index contributed by atoms with van der Waals surface area (Å²) in [4.78, 5) is 18.3. The number of hydrogen-bond donors (Lipinski definition) is 1. The van der Waals surface area contributed by atoms with Crippen LogP contribution in [0.5, 0.6) is 11.5 Å². The molecule has 4 aromatic rings. The van der Waals surface area contributed by atoms with Crippen molar-refractivity contribution in [3.63, 3.8) is 0 Å². The van der Waals surface area contributed by atoms with E-state index in [1.54, 1.807) is 0 Å². The third-order valence-corrected chi connectivity index (χ3v) is 6.61. The van der Waals surface area contributed by atoms with Crippen molar-refractivity contribution >= 4 is 10.9 Å². The van der Waals surface area contributed by atoms with Crippen molar-refractivity contribution in [3.05, 3.63) is 75.8 Å². The van der Waals surface area contributed by atoms with Crippen LogP contribution in [0.3, 0.4) is 0 Å². The monoisotopic (exact) mass is 488 g/mol. The zero-order valence-electron chi connectivity index (χ0n) is 19.9. The molecule has 10 nitrogen and oxygen atoms in total. The molecule has 1 saturated heterocycles. The summed E-state index contributed by atoms with van der Waals surface area (Å²) in [5.41, 5.74) is 2.39. The maximum atomic E-state index is 13.1. The number of H-pyrrole nitrogens is 1. The van der Waals surface area contributed by atoms with E-state index in [0.29, 0.717) is 56.5 Å². The summed E-state index contributed by atoms with van der Waals surface area (Å²) in [6.07, 6.45) is 2.18. The second-order valence-electron chi connectivity index (χ2n) is 9.25. The molecule has 2 aliphatic rings. The number of tetrazole rings is 1. The lowest BCUT2D eigenvalue weighted by Gasteiger charge is -2.25. The van der Waals surface area contributed by atoms with E-state index in [1.807, 2.05) is 41.1 Å². The van der Waals surface area contributed by atoms with Crippen LogP contribution >= 0.6 is 0 Å². The second-order valence-corrected chi connectivity index (χ2v) is 9.25. The summed E-state index contributed by atoms with van der Waals surface area (Å²) in [6, 6.07) is 15.8. The number of nitrogens with zero attached hydrogens (tertiary/aromatic N) is 5. The molecule has 2 aliphatic heterocycles. The van der Waals surface area contributed by atoms with Gasteiger partial charge in [0.2, 0.25) is 0 Å². The molecule has 10 heteroatoms. The van der Waals surface area contributed by atoms with E-state index in [1.165, 1.54) is 0 Å². The van der Waals surface area contributed by atoms with Gasteiger partial charge in [0.05, 0.1) is 24.7 Å². The van der Waals surface area contributed by atoms with Crippen molar-refractivity contribution in [2.45, 2.75) is 38.6 Å². The van der Waals surface area contributed by atoms with Crippen LogP contribution in [-0.4, -0.2) is 62.6 Å². The molecule has 2 aromatic carbocycles. The van der Waals surface area contributed by atoms with E-state index in [0.717, 1.165) is 41.7 Å². The standard InChI is InChI=1S/C26H28N6O4/c33-26-20(11-19-12-23-24(13-22(19)27-26)36-10-9-35-23)15-31(16-21-7-4-8-34-21)17-25-28-29-30-32(25)14-18-5-2-1-3-6-18/h1-3,5-6,11-13,21H,4,7-10,14-17H2,(H,27,33). The molecule has 1 unspecified atom stereocenters. The van der Waals surface area contributed by atoms with Crippen LogP contribution in [0.4, 0.5) is 0 Å². The molecule has 4 heterocycles. The van der Waals surface area contributed by atoms with Crippen LogP contribution < -0.4 is 15.0 Å². The summed E-state index contributed by atoms with van der Waals surface area (Å²) >= 11 is 0. The average Bonchev–Trinajstić information content (AvgIpc) is 3.56. The van der Waals surface area contributed by atoms with E-state index >= 15 is 0 Å². The van der Waals surface area contributed by atoms with Gasteiger partial charge in [-0.1, -0.05) is 30.3 Å². The number of ether oxygens (including phenoxy) is 3. The molecule has 0 aliphatic carbocycles. The van der Waals surface area contributed by atoms with Crippen LogP contribution in [0.1, 0.15) is 29.8 Å². The Labute approximate surface area is 207 Å². The van der Waals surface area contributed by atoms with Gasteiger partial charge < -0.3 is 19.2 Å². The van der Waals surface area contributed by atoms with Crippen LogP contribution in [-0.2, 0) is 24.4 Å². The zero-order valence-corrected chi connectivity index (χ0v) is 19.9. The van der Waals surface area contributed by atoms with Gasteiger partial charge in [-0.3, -0.25) is 9.69 Å². The lowest BCUT2D eigenvalue weighted by Crippen LogP contribution is -2.34. The van der Waals surface area contributed by atoms with Crippen molar-refractivity contribution < 1.29 is 14.2 Å². The van der Waals surface area contributed by atoms with E-state index in [-0.39, 0.29) is 11.7 Å². The third-order valence-electron chi connectivity index (χ3n) is 6.61. The number of fused-ring (bicyclic) bond motifs is 2. The number of benzene rings is 2. The molecule has 186 valence electrons. The molecule has 36 heavy (non-hydrogen) atoms. The Balaban J connectivity index is 1.27. The molecular weight excluding hydrogens is 460 g/mol. The van der Waals surface area contributed by atoms with Crippen LogP contribution in [0.15, 0.2) is 53.3 Å². The molecule has 0 bridgehead atoms. The Morgan fingerprint density at radius 2 is 1.86 bits per heavy atom. The van der Waals surface area contributed by atoms with E-state index in [9.17, 15) is 4.79 Å². The molecule has 1 fully saturated rings. The lowest BCUT2D eigenvalue weighted by molar-refractivity contribution is 0.0663. The predicted octanol–water partition coefficient (Wildman–Crippen LogP) is 2.52. The highest BCUT2D eigenvalue weighted by Gasteiger charge is 2.23. The zero-order chi connectivity index (χ0) is 24.3.